The maximum Gasteiger partial charge on any atom is 0.407 e. The third kappa shape index (κ3) is 3.26. The number of fused-ring (bicyclic) bond motifs is 1. The Labute approximate surface area is 128 Å². The molecule has 118 valence electrons. The SMILES string of the molecule is CC(C)(C)OC(=O)NC1CCN(c2ccc3nncn3n2)C1. The van der Waals surface area contributed by atoms with Crippen LogP contribution in [-0.2, 0) is 4.74 Å². The van der Waals surface area contributed by atoms with Gasteiger partial charge in [0.25, 0.3) is 0 Å². The molecule has 1 aliphatic rings. The molecule has 3 heterocycles. The fourth-order valence-corrected chi connectivity index (χ4v) is 2.45. The normalized spacial score (nSPS) is 18.7. The molecule has 0 radical (unpaired) electrons. The maximum atomic E-state index is 11.8. The van der Waals surface area contributed by atoms with Crippen LogP contribution < -0.4 is 10.2 Å². The van der Waals surface area contributed by atoms with E-state index < -0.39 is 5.60 Å². The molecular formula is C14H20N6O2. The number of nitrogens with one attached hydrogen (secondary N) is 1. The third-order valence-corrected chi connectivity index (χ3v) is 3.38. The molecule has 8 nitrogen and oxygen atoms in total. The first-order chi connectivity index (χ1) is 10.4. The molecule has 1 saturated heterocycles. The van der Waals surface area contributed by atoms with Gasteiger partial charge < -0.3 is 15.0 Å². The van der Waals surface area contributed by atoms with Crippen LogP contribution in [0.15, 0.2) is 18.5 Å². The standard InChI is InChI=1S/C14H20N6O2/c1-14(2,3)22-13(21)16-10-6-7-19(8-10)12-5-4-11-17-15-9-20(11)18-12/h4-5,9-10H,6-8H2,1-3H3,(H,16,21). The summed E-state index contributed by atoms with van der Waals surface area (Å²) in [5, 5.41) is 15.1. The number of anilines is 1. The van der Waals surface area contributed by atoms with E-state index in [0.29, 0.717) is 12.2 Å². The monoisotopic (exact) mass is 304 g/mol. The van der Waals surface area contributed by atoms with Crippen molar-refractivity contribution in [1.29, 1.82) is 0 Å². The van der Waals surface area contributed by atoms with Crippen molar-refractivity contribution in [2.75, 3.05) is 18.0 Å². The Kier molecular flexibility index (Phi) is 3.59. The Morgan fingerprint density at radius 3 is 3.00 bits per heavy atom. The second-order valence-electron chi connectivity index (χ2n) is 6.40. The molecule has 1 N–H and O–H groups in total. The zero-order chi connectivity index (χ0) is 15.7. The van der Waals surface area contributed by atoms with Gasteiger partial charge in [0, 0.05) is 13.1 Å². The van der Waals surface area contributed by atoms with Crippen molar-refractivity contribution in [2.45, 2.75) is 38.8 Å². The van der Waals surface area contributed by atoms with Gasteiger partial charge in [-0.1, -0.05) is 0 Å². The number of nitrogens with zero attached hydrogens (tertiary/aromatic N) is 5. The lowest BCUT2D eigenvalue weighted by atomic mass is 10.2. The number of carbonyl (C=O) groups is 1. The molecular weight excluding hydrogens is 284 g/mol. The average molecular weight is 304 g/mol. The Bertz CT molecular complexity index is 677. The van der Waals surface area contributed by atoms with Crippen LogP contribution in [0.5, 0.6) is 0 Å². The fourth-order valence-electron chi connectivity index (χ4n) is 2.45. The lowest BCUT2D eigenvalue weighted by Gasteiger charge is -2.22. The highest BCUT2D eigenvalue weighted by atomic mass is 16.6. The molecule has 0 aromatic carbocycles. The first kappa shape index (κ1) is 14.6. The van der Waals surface area contributed by atoms with Gasteiger partial charge in [-0.05, 0) is 39.3 Å². The van der Waals surface area contributed by atoms with Crippen LogP contribution in [0.1, 0.15) is 27.2 Å². The highest BCUT2D eigenvalue weighted by Crippen LogP contribution is 2.18. The summed E-state index contributed by atoms with van der Waals surface area (Å²) >= 11 is 0. The molecule has 22 heavy (non-hydrogen) atoms. The van der Waals surface area contributed by atoms with Crippen LogP contribution in [0.4, 0.5) is 10.6 Å². The van der Waals surface area contributed by atoms with Gasteiger partial charge in [-0.3, -0.25) is 0 Å². The number of hydrogen-bond donors (Lipinski definition) is 1. The topological polar surface area (TPSA) is 84.6 Å². The predicted octanol–water partition coefficient (Wildman–Crippen LogP) is 1.23. The summed E-state index contributed by atoms with van der Waals surface area (Å²) in [5.41, 5.74) is 0.231. The minimum absolute atomic E-state index is 0.0632. The van der Waals surface area contributed by atoms with Crippen molar-refractivity contribution in [3.05, 3.63) is 18.5 Å². The zero-order valence-corrected chi connectivity index (χ0v) is 13.0. The van der Waals surface area contributed by atoms with Crippen LogP contribution in [0.2, 0.25) is 0 Å². The quantitative estimate of drug-likeness (QED) is 0.898. The van der Waals surface area contributed by atoms with Crippen molar-refractivity contribution in [1.82, 2.24) is 25.1 Å². The third-order valence-electron chi connectivity index (χ3n) is 3.38. The van der Waals surface area contributed by atoms with Crippen LogP contribution in [0.3, 0.4) is 0 Å². The molecule has 0 spiro atoms. The number of aromatic nitrogens is 4. The van der Waals surface area contributed by atoms with E-state index in [1.807, 2.05) is 32.9 Å². The van der Waals surface area contributed by atoms with Crippen molar-refractivity contribution in [3.8, 4) is 0 Å². The molecule has 2 aromatic rings. The smallest absolute Gasteiger partial charge is 0.407 e. The van der Waals surface area contributed by atoms with Crippen LogP contribution in [-0.4, -0.2) is 50.6 Å². The minimum atomic E-state index is -0.483. The average Bonchev–Trinajstić information content (AvgIpc) is 3.03. The highest BCUT2D eigenvalue weighted by Gasteiger charge is 2.27. The van der Waals surface area contributed by atoms with Gasteiger partial charge in [0.1, 0.15) is 17.7 Å². The molecule has 1 fully saturated rings. The van der Waals surface area contributed by atoms with E-state index in [9.17, 15) is 4.79 Å². The molecule has 2 aromatic heterocycles. The van der Waals surface area contributed by atoms with Crippen molar-refractivity contribution >= 4 is 17.6 Å². The van der Waals surface area contributed by atoms with E-state index in [2.05, 4.69) is 25.5 Å². The van der Waals surface area contributed by atoms with E-state index in [-0.39, 0.29) is 12.1 Å². The summed E-state index contributed by atoms with van der Waals surface area (Å²) in [7, 11) is 0. The molecule has 0 bridgehead atoms. The number of ether oxygens (including phenoxy) is 1. The fraction of sp³-hybridized carbons (Fsp3) is 0.571. The first-order valence-corrected chi connectivity index (χ1v) is 7.32. The molecule has 1 atom stereocenters. The second kappa shape index (κ2) is 5.43. The Hall–Kier alpha value is -2.38. The van der Waals surface area contributed by atoms with Gasteiger partial charge in [-0.15, -0.1) is 15.3 Å². The number of carbonyl (C=O) groups excluding carboxylic acids is 1. The number of hydrogen-bond acceptors (Lipinski definition) is 6. The summed E-state index contributed by atoms with van der Waals surface area (Å²) in [5.74, 6) is 0.848. The number of amides is 1. The van der Waals surface area contributed by atoms with E-state index in [0.717, 1.165) is 18.8 Å². The largest absolute Gasteiger partial charge is 0.444 e. The van der Waals surface area contributed by atoms with Crippen molar-refractivity contribution in [2.24, 2.45) is 0 Å². The van der Waals surface area contributed by atoms with E-state index in [1.54, 1.807) is 10.8 Å². The van der Waals surface area contributed by atoms with Gasteiger partial charge >= 0.3 is 6.09 Å². The maximum absolute atomic E-state index is 11.8. The van der Waals surface area contributed by atoms with Crippen molar-refractivity contribution < 1.29 is 9.53 Å². The molecule has 0 saturated carbocycles. The zero-order valence-electron chi connectivity index (χ0n) is 13.0. The van der Waals surface area contributed by atoms with E-state index >= 15 is 0 Å². The molecule has 3 rings (SSSR count). The molecule has 1 aliphatic heterocycles. The summed E-state index contributed by atoms with van der Waals surface area (Å²) in [6.07, 6.45) is 2.06. The van der Waals surface area contributed by atoms with Crippen LogP contribution in [0.25, 0.3) is 5.65 Å². The minimum Gasteiger partial charge on any atom is -0.444 e. The second-order valence-corrected chi connectivity index (χ2v) is 6.40. The summed E-state index contributed by atoms with van der Waals surface area (Å²) in [6.45, 7) is 7.10. The highest BCUT2D eigenvalue weighted by molar-refractivity contribution is 5.68. The van der Waals surface area contributed by atoms with E-state index in [1.165, 1.54) is 0 Å². The molecule has 0 aliphatic carbocycles. The lowest BCUT2D eigenvalue weighted by molar-refractivity contribution is 0.0509. The van der Waals surface area contributed by atoms with Gasteiger partial charge in [-0.25, -0.2) is 4.79 Å². The Morgan fingerprint density at radius 2 is 2.23 bits per heavy atom. The van der Waals surface area contributed by atoms with Gasteiger partial charge in [0.15, 0.2) is 5.65 Å². The summed E-state index contributed by atoms with van der Waals surface area (Å²) in [6, 6.07) is 3.86. The van der Waals surface area contributed by atoms with Gasteiger partial charge in [-0.2, -0.15) is 4.52 Å². The first-order valence-electron chi connectivity index (χ1n) is 7.32. The lowest BCUT2D eigenvalue weighted by Crippen LogP contribution is -2.40. The number of alkyl carbamates (subject to hydrolysis) is 1. The molecule has 1 unspecified atom stereocenters. The van der Waals surface area contributed by atoms with Crippen LogP contribution >= 0.6 is 0 Å². The van der Waals surface area contributed by atoms with Crippen molar-refractivity contribution in [3.63, 3.8) is 0 Å². The predicted molar refractivity (Wildman–Crippen MR) is 80.8 cm³/mol. The van der Waals surface area contributed by atoms with Crippen LogP contribution in [0, 0.1) is 0 Å². The Morgan fingerprint density at radius 1 is 1.41 bits per heavy atom. The summed E-state index contributed by atoms with van der Waals surface area (Å²) in [4.78, 5) is 13.9. The van der Waals surface area contributed by atoms with E-state index in [4.69, 9.17) is 4.74 Å². The van der Waals surface area contributed by atoms with Gasteiger partial charge in [0.05, 0.1) is 6.04 Å². The molecule has 8 heteroatoms. The number of rotatable bonds is 2. The summed E-state index contributed by atoms with van der Waals surface area (Å²) < 4.78 is 6.93. The van der Waals surface area contributed by atoms with Gasteiger partial charge in [0.2, 0.25) is 0 Å². The Balaban J connectivity index is 1.61. The molecule has 1 amide bonds.